The summed E-state index contributed by atoms with van der Waals surface area (Å²) in [4.78, 5) is 4.77. The Morgan fingerprint density at radius 1 is 0.950 bits per heavy atom. The summed E-state index contributed by atoms with van der Waals surface area (Å²) in [5.74, 6) is 1.06. The summed E-state index contributed by atoms with van der Waals surface area (Å²) < 4.78 is 0. The third-order valence-corrected chi connectivity index (χ3v) is 4.53. The minimum Gasteiger partial charge on any atom is -0.307 e. The molecule has 3 heteroatoms. The van der Waals surface area contributed by atoms with Gasteiger partial charge in [0.05, 0.1) is 11.7 Å². The van der Waals surface area contributed by atoms with E-state index in [0.29, 0.717) is 11.8 Å². The Hall–Kier alpha value is -1.19. The fourth-order valence-electron chi connectivity index (χ4n) is 2.20. The van der Waals surface area contributed by atoms with Gasteiger partial charge < -0.3 is 5.32 Å². The van der Waals surface area contributed by atoms with E-state index in [2.05, 4.69) is 62.7 Å². The first-order chi connectivity index (χ1) is 9.52. The molecule has 0 aliphatic carbocycles. The molecule has 1 aromatic heterocycles. The fraction of sp³-hybridized carbons (Fsp3) is 0.471. The van der Waals surface area contributed by atoms with E-state index in [9.17, 15) is 0 Å². The molecule has 0 saturated heterocycles. The standard InChI is InChI=1S/C17H24N2S/c1-11(2)13-6-8-14(9-7-13)16(18-5)17-19-15(10-20-17)12(3)4/h6-12,16,18H,1-5H3. The smallest absolute Gasteiger partial charge is 0.114 e. The average molecular weight is 288 g/mol. The van der Waals surface area contributed by atoms with Crippen LogP contribution in [0.4, 0.5) is 0 Å². The van der Waals surface area contributed by atoms with Crippen LogP contribution in [0.1, 0.15) is 67.4 Å². The molecule has 1 unspecified atom stereocenters. The van der Waals surface area contributed by atoms with E-state index < -0.39 is 0 Å². The normalized spacial score (nSPS) is 13.2. The largest absolute Gasteiger partial charge is 0.307 e. The molecule has 0 spiro atoms. The molecule has 20 heavy (non-hydrogen) atoms. The van der Waals surface area contributed by atoms with Crippen molar-refractivity contribution in [3.05, 3.63) is 51.5 Å². The average Bonchev–Trinajstić information content (AvgIpc) is 2.90. The highest BCUT2D eigenvalue weighted by atomic mass is 32.1. The second-order valence-electron chi connectivity index (χ2n) is 5.81. The number of rotatable bonds is 5. The van der Waals surface area contributed by atoms with Gasteiger partial charge in [-0.1, -0.05) is 52.0 Å². The lowest BCUT2D eigenvalue weighted by Gasteiger charge is -2.15. The number of benzene rings is 1. The maximum Gasteiger partial charge on any atom is 0.114 e. The highest BCUT2D eigenvalue weighted by Crippen LogP contribution is 2.28. The predicted molar refractivity (Wildman–Crippen MR) is 87.6 cm³/mol. The second-order valence-corrected chi connectivity index (χ2v) is 6.70. The van der Waals surface area contributed by atoms with Gasteiger partial charge in [0.25, 0.3) is 0 Å². The fourth-order valence-corrected chi connectivity index (χ4v) is 3.32. The van der Waals surface area contributed by atoms with Gasteiger partial charge >= 0.3 is 0 Å². The van der Waals surface area contributed by atoms with Crippen LogP contribution in [0.3, 0.4) is 0 Å². The van der Waals surface area contributed by atoms with Gasteiger partial charge in [-0.2, -0.15) is 0 Å². The molecule has 0 aliphatic rings. The number of hydrogen-bond acceptors (Lipinski definition) is 3. The molecule has 0 fully saturated rings. The SMILES string of the molecule is CNC(c1ccc(C(C)C)cc1)c1nc(C(C)C)cs1. The molecule has 0 saturated carbocycles. The van der Waals surface area contributed by atoms with Crippen LogP contribution in [0.15, 0.2) is 29.6 Å². The van der Waals surface area contributed by atoms with Crippen LogP contribution in [-0.4, -0.2) is 12.0 Å². The molecule has 0 amide bonds. The summed E-state index contributed by atoms with van der Waals surface area (Å²) in [7, 11) is 2.00. The van der Waals surface area contributed by atoms with Crippen LogP contribution in [0, 0.1) is 0 Å². The summed E-state index contributed by atoms with van der Waals surface area (Å²) in [5.41, 5.74) is 3.84. The molecular formula is C17H24N2S. The van der Waals surface area contributed by atoms with Crippen LogP contribution in [0.25, 0.3) is 0 Å². The summed E-state index contributed by atoms with van der Waals surface area (Å²) in [6.07, 6.45) is 0. The maximum absolute atomic E-state index is 4.77. The predicted octanol–water partition coefficient (Wildman–Crippen LogP) is 4.70. The van der Waals surface area contributed by atoms with Crippen molar-refractivity contribution >= 4 is 11.3 Å². The molecule has 2 aromatic rings. The van der Waals surface area contributed by atoms with Crippen molar-refractivity contribution < 1.29 is 0 Å². The van der Waals surface area contributed by atoms with Gasteiger partial charge in [0, 0.05) is 5.38 Å². The molecule has 1 N–H and O–H groups in total. The van der Waals surface area contributed by atoms with E-state index in [-0.39, 0.29) is 6.04 Å². The van der Waals surface area contributed by atoms with Gasteiger partial charge in [-0.25, -0.2) is 4.98 Å². The lowest BCUT2D eigenvalue weighted by atomic mass is 9.99. The molecular weight excluding hydrogens is 264 g/mol. The van der Waals surface area contributed by atoms with Gasteiger partial charge in [-0.15, -0.1) is 11.3 Å². The molecule has 0 aliphatic heterocycles. The molecule has 0 bridgehead atoms. The molecule has 108 valence electrons. The zero-order valence-electron chi connectivity index (χ0n) is 13.0. The summed E-state index contributed by atoms with van der Waals surface area (Å²) >= 11 is 1.74. The van der Waals surface area contributed by atoms with Crippen LogP contribution < -0.4 is 5.32 Å². The van der Waals surface area contributed by atoms with Crippen molar-refractivity contribution in [1.29, 1.82) is 0 Å². The summed E-state index contributed by atoms with van der Waals surface area (Å²) in [5, 5.41) is 6.70. The number of aromatic nitrogens is 1. The molecule has 1 heterocycles. The Bertz CT molecular complexity index is 540. The minimum atomic E-state index is 0.189. The number of nitrogens with one attached hydrogen (secondary N) is 1. The van der Waals surface area contributed by atoms with Gasteiger partial charge in [-0.3, -0.25) is 0 Å². The summed E-state index contributed by atoms with van der Waals surface area (Å²) in [6.45, 7) is 8.82. The zero-order chi connectivity index (χ0) is 14.7. The molecule has 2 nitrogen and oxygen atoms in total. The highest BCUT2D eigenvalue weighted by Gasteiger charge is 2.17. The van der Waals surface area contributed by atoms with Crippen LogP contribution >= 0.6 is 11.3 Å². The van der Waals surface area contributed by atoms with Crippen molar-refractivity contribution in [2.24, 2.45) is 0 Å². The van der Waals surface area contributed by atoms with E-state index in [0.717, 1.165) is 5.01 Å². The number of thiazole rings is 1. The number of hydrogen-bond donors (Lipinski definition) is 1. The summed E-state index contributed by atoms with van der Waals surface area (Å²) in [6, 6.07) is 9.07. The number of nitrogens with zero attached hydrogens (tertiary/aromatic N) is 1. The van der Waals surface area contributed by atoms with Crippen molar-refractivity contribution in [1.82, 2.24) is 10.3 Å². The van der Waals surface area contributed by atoms with Crippen LogP contribution in [0.5, 0.6) is 0 Å². The lowest BCUT2D eigenvalue weighted by molar-refractivity contribution is 0.678. The minimum absolute atomic E-state index is 0.189. The third kappa shape index (κ3) is 3.28. The third-order valence-electron chi connectivity index (χ3n) is 3.60. The van der Waals surface area contributed by atoms with Crippen LogP contribution in [-0.2, 0) is 0 Å². The van der Waals surface area contributed by atoms with Gasteiger partial charge in [-0.05, 0) is 30.0 Å². The van der Waals surface area contributed by atoms with Gasteiger partial charge in [0.15, 0.2) is 0 Å². The Kier molecular flexibility index (Phi) is 4.95. The second kappa shape index (κ2) is 6.51. The molecule has 1 atom stereocenters. The maximum atomic E-state index is 4.77. The lowest BCUT2D eigenvalue weighted by Crippen LogP contribution is -2.17. The Morgan fingerprint density at radius 3 is 2.00 bits per heavy atom. The first-order valence-electron chi connectivity index (χ1n) is 7.25. The molecule has 0 radical (unpaired) electrons. The van der Waals surface area contributed by atoms with E-state index in [1.165, 1.54) is 16.8 Å². The van der Waals surface area contributed by atoms with Crippen LogP contribution in [0.2, 0.25) is 0 Å². The van der Waals surface area contributed by atoms with Crippen molar-refractivity contribution in [2.75, 3.05) is 7.05 Å². The quantitative estimate of drug-likeness (QED) is 0.862. The highest BCUT2D eigenvalue weighted by molar-refractivity contribution is 7.09. The zero-order valence-corrected chi connectivity index (χ0v) is 13.8. The first kappa shape index (κ1) is 15.2. The van der Waals surface area contributed by atoms with E-state index in [4.69, 9.17) is 4.98 Å². The van der Waals surface area contributed by atoms with E-state index in [1.807, 2.05) is 7.05 Å². The Labute approximate surface area is 126 Å². The van der Waals surface area contributed by atoms with Crippen molar-refractivity contribution in [3.63, 3.8) is 0 Å². The monoisotopic (exact) mass is 288 g/mol. The van der Waals surface area contributed by atoms with E-state index in [1.54, 1.807) is 11.3 Å². The topological polar surface area (TPSA) is 24.9 Å². The Morgan fingerprint density at radius 2 is 1.55 bits per heavy atom. The van der Waals surface area contributed by atoms with Gasteiger partial charge in [0.1, 0.15) is 5.01 Å². The van der Waals surface area contributed by atoms with Crippen molar-refractivity contribution in [2.45, 2.75) is 45.6 Å². The van der Waals surface area contributed by atoms with Crippen molar-refractivity contribution in [3.8, 4) is 0 Å². The first-order valence-corrected chi connectivity index (χ1v) is 8.13. The van der Waals surface area contributed by atoms with E-state index >= 15 is 0 Å². The molecule has 1 aromatic carbocycles. The van der Waals surface area contributed by atoms with Gasteiger partial charge in [0.2, 0.25) is 0 Å². The molecule has 2 rings (SSSR count). The Balaban J connectivity index is 2.26.